The summed E-state index contributed by atoms with van der Waals surface area (Å²) in [7, 11) is 3.02. The van der Waals surface area contributed by atoms with Crippen molar-refractivity contribution in [3.63, 3.8) is 0 Å². The van der Waals surface area contributed by atoms with E-state index in [1.807, 2.05) is 66.7 Å². The maximum atomic E-state index is 13.0. The highest BCUT2D eigenvalue weighted by molar-refractivity contribution is 6.08. The number of hydrogen-bond donors (Lipinski definition) is 1. The molecule has 0 bridgehead atoms. The maximum Gasteiger partial charge on any atom is 0.343 e. The van der Waals surface area contributed by atoms with E-state index in [1.54, 1.807) is 30.3 Å². The number of fused-ring (bicyclic) bond motifs is 2. The lowest BCUT2D eigenvalue weighted by Crippen LogP contribution is -2.18. The van der Waals surface area contributed by atoms with E-state index in [0.717, 1.165) is 21.5 Å². The molecule has 0 unspecified atom stereocenters. The van der Waals surface area contributed by atoms with Gasteiger partial charge in [0.15, 0.2) is 11.5 Å². The summed E-state index contributed by atoms with van der Waals surface area (Å²) >= 11 is 0. The molecule has 5 rings (SSSR count). The van der Waals surface area contributed by atoms with E-state index in [9.17, 15) is 9.59 Å². The van der Waals surface area contributed by atoms with Crippen molar-refractivity contribution < 1.29 is 23.8 Å². The first-order valence-corrected chi connectivity index (χ1v) is 11.9. The van der Waals surface area contributed by atoms with Crippen LogP contribution in [0.4, 0.5) is 0 Å². The Hall–Kier alpha value is -5.17. The predicted molar refractivity (Wildman–Crippen MR) is 147 cm³/mol. The van der Waals surface area contributed by atoms with Crippen LogP contribution in [0.1, 0.15) is 26.3 Å². The van der Waals surface area contributed by atoms with Crippen molar-refractivity contribution in [1.82, 2.24) is 5.43 Å². The van der Waals surface area contributed by atoms with Gasteiger partial charge in [-0.15, -0.1) is 0 Å². The minimum atomic E-state index is -0.573. The number of carbonyl (C=O) groups excluding carboxylic acids is 2. The summed E-state index contributed by atoms with van der Waals surface area (Å²) in [5, 5.41) is 7.75. The van der Waals surface area contributed by atoms with E-state index < -0.39 is 5.97 Å². The minimum absolute atomic E-state index is 0.294. The molecule has 0 heterocycles. The molecule has 7 nitrogen and oxygen atoms in total. The molecule has 0 spiro atoms. The van der Waals surface area contributed by atoms with Crippen LogP contribution in [-0.2, 0) is 0 Å². The number of esters is 1. The van der Waals surface area contributed by atoms with E-state index in [2.05, 4.69) is 10.5 Å². The molecule has 0 radical (unpaired) electrons. The molecule has 1 N–H and O–H groups in total. The first-order valence-electron chi connectivity index (χ1n) is 11.9. The van der Waals surface area contributed by atoms with Crippen LogP contribution in [0.15, 0.2) is 102 Å². The summed E-state index contributed by atoms with van der Waals surface area (Å²) in [6.45, 7) is 0. The number of ether oxygens (including phenoxy) is 3. The van der Waals surface area contributed by atoms with Crippen LogP contribution in [0, 0.1) is 0 Å². The van der Waals surface area contributed by atoms with Crippen LogP contribution in [0.25, 0.3) is 21.5 Å². The van der Waals surface area contributed by atoms with Crippen LogP contribution in [0.3, 0.4) is 0 Å². The maximum absolute atomic E-state index is 13.0. The SMILES string of the molecule is COc1ccc(C(=O)Oc2ccc3ccccc3c2/C=N/NC(=O)c2cccc3ccccc23)cc1OC. The molecule has 0 saturated carbocycles. The van der Waals surface area contributed by atoms with Crippen LogP contribution in [0.5, 0.6) is 17.2 Å². The zero-order valence-corrected chi connectivity index (χ0v) is 20.8. The average Bonchev–Trinajstić information content (AvgIpc) is 2.97. The molecule has 5 aromatic carbocycles. The molecule has 5 aromatic rings. The molecule has 188 valence electrons. The predicted octanol–water partition coefficient (Wildman–Crippen LogP) is 5.99. The first kappa shape index (κ1) is 24.5. The molecule has 38 heavy (non-hydrogen) atoms. The first-order chi connectivity index (χ1) is 18.6. The summed E-state index contributed by atoms with van der Waals surface area (Å²) in [6, 6.07) is 29.2. The molecule has 0 saturated heterocycles. The molecule has 0 aromatic heterocycles. The van der Waals surface area contributed by atoms with Gasteiger partial charge in [-0.1, -0.05) is 66.7 Å². The Morgan fingerprint density at radius 2 is 1.37 bits per heavy atom. The normalized spacial score (nSPS) is 11.0. The van der Waals surface area contributed by atoms with E-state index in [1.165, 1.54) is 20.4 Å². The van der Waals surface area contributed by atoms with E-state index in [0.29, 0.717) is 33.9 Å². The third-order valence-corrected chi connectivity index (χ3v) is 6.15. The molecule has 0 aliphatic heterocycles. The lowest BCUT2D eigenvalue weighted by atomic mass is 10.0. The van der Waals surface area contributed by atoms with Crippen molar-refractivity contribution in [2.24, 2.45) is 5.10 Å². The van der Waals surface area contributed by atoms with Gasteiger partial charge < -0.3 is 14.2 Å². The highest BCUT2D eigenvalue weighted by Gasteiger charge is 2.16. The molecule has 0 fully saturated rings. The van der Waals surface area contributed by atoms with E-state index in [-0.39, 0.29) is 5.91 Å². The smallest absolute Gasteiger partial charge is 0.343 e. The third-order valence-electron chi connectivity index (χ3n) is 6.15. The molecule has 0 aliphatic rings. The van der Waals surface area contributed by atoms with Gasteiger partial charge in [-0.05, 0) is 51.9 Å². The van der Waals surface area contributed by atoms with Gasteiger partial charge in [-0.3, -0.25) is 4.79 Å². The molecule has 7 heteroatoms. The number of benzene rings is 5. The van der Waals surface area contributed by atoms with Crippen molar-refractivity contribution in [3.05, 3.63) is 114 Å². The Morgan fingerprint density at radius 3 is 2.13 bits per heavy atom. The average molecular weight is 505 g/mol. The molecular weight excluding hydrogens is 480 g/mol. The van der Waals surface area contributed by atoms with Crippen molar-refractivity contribution in [2.75, 3.05) is 14.2 Å². The van der Waals surface area contributed by atoms with Crippen LogP contribution in [-0.4, -0.2) is 32.3 Å². The van der Waals surface area contributed by atoms with Gasteiger partial charge in [-0.25, -0.2) is 10.2 Å². The third kappa shape index (κ3) is 4.90. The van der Waals surface area contributed by atoms with Crippen molar-refractivity contribution in [3.8, 4) is 17.2 Å². The summed E-state index contributed by atoms with van der Waals surface area (Å²) in [5.74, 6) is 0.299. The highest BCUT2D eigenvalue weighted by Crippen LogP contribution is 2.30. The number of hydrazone groups is 1. The molecule has 1 amide bonds. The minimum Gasteiger partial charge on any atom is -0.493 e. The van der Waals surface area contributed by atoms with Gasteiger partial charge in [0.25, 0.3) is 5.91 Å². The lowest BCUT2D eigenvalue weighted by Gasteiger charge is -2.12. The van der Waals surface area contributed by atoms with Crippen LogP contribution in [0.2, 0.25) is 0 Å². The van der Waals surface area contributed by atoms with E-state index in [4.69, 9.17) is 14.2 Å². The van der Waals surface area contributed by atoms with Gasteiger partial charge in [0.1, 0.15) is 5.75 Å². The van der Waals surface area contributed by atoms with Crippen LogP contribution >= 0.6 is 0 Å². The zero-order valence-electron chi connectivity index (χ0n) is 20.8. The second-order valence-electron chi connectivity index (χ2n) is 8.38. The second kappa shape index (κ2) is 10.8. The summed E-state index contributed by atoms with van der Waals surface area (Å²) in [6.07, 6.45) is 1.49. The van der Waals surface area contributed by atoms with Crippen molar-refractivity contribution >= 4 is 39.6 Å². The van der Waals surface area contributed by atoms with Gasteiger partial charge in [0, 0.05) is 11.1 Å². The van der Waals surface area contributed by atoms with E-state index >= 15 is 0 Å². The Labute approximate surface area is 219 Å². The second-order valence-corrected chi connectivity index (χ2v) is 8.38. The van der Waals surface area contributed by atoms with Gasteiger partial charge >= 0.3 is 5.97 Å². The Kier molecular flexibility index (Phi) is 6.99. The Morgan fingerprint density at radius 1 is 0.711 bits per heavy atom. The Balaban J connectivity index is 1.44. The fourth-order valence-corrected chi connectivity index (χ4v) is 4.26. The zero-order chi connectivity index (χ0) is 26.5. The number of amides is 1. The van der Waals surface area contributed by atoms with Gasteiger partial charge in [0.2, 0.25) is 0 Å². The van der Waals surface area contributed by atoms with Crippen LogP contribution < -0.4 is 19.6 Å². The standard InChI is InChI=1S/C31H24N2O5/c1-36-28-17-15-22(18-29(28)37-2)31(35)38-27-16-14-21-9-4-6-12-24(21)26(27)19-32-33-30(34)25-13-7-10-20-8-3-5-11-23(20)25/h3-19H,1-2H3,(H,33,34)/b32-19+. The fraction of sp³-hybridized carbons (Fsp3) is 0.0645. The topological polar surface area (TPSA) is 86.2 Å². The Bertz CT molecular complexity index is 1690. The highest BCUT2D eigenvalue weighted by atomic mass is 16.5. The summed E-state index contributed by atoms with van der Waals surface area (Å²) < 4.78 is 16.3. The fourth-order valence-electron chi connectivity index (χ4n) is 4.26. The number of nitrogens with zero attached hydrogens (tertiary/aromatic N) is 1. The van der Waals surface area contributed by atoms with Crippen molar-refractivity contribution in [2.45, 2.75) is 0 Å². The molecular formula is C31H24N2O5. The number of carbonyl (C=O) groups is 2. The van der Waals surface area contributed by atoms with Crippen molar-refractivity contribution in [1.29, 1.82) is 0 Å². The van der Waals surface area contributed by atoms with Gasteiger partial charge in [-0.2, -0.15) is 5.10 Å². The lowest BCUT2D eigenvalue weighted by molar-refractivity contribution is 0.0734. The summed E-state index contributed by atoms with van der Waals surface area (Å²) in [5.41, 5.74) is 3.96. The molecule has 0 aliphatic carbocycles. The number of hydrogen-bond acceptors (Lipinski definition) is 6. The largest absolute Gasteiger partial charge is 0.493 e. The monoisotopic (exact) mass is 504 g/mol. The number of rotatable bonds is 7. The summed E-state index contributed by atoms with van der Waals surface area (Å²) in [4.78, 5) is 26.0. The molecule has 0 atom stereocenters. The number of nitrogens with one attached hydrogen (secondary N) is 1. The number of methoxy groups -OCH3 is 2. The van der Waals surface area contributed by atoms with Gasteiger partial charge in [0.05, 0.1) is 26.0 Å². The quantitative estimate of drug-likeness (QED) is 0.127.